The maximum atomic E-state index is 9.73. The third kappa shape index (κ3) is 3.75. The molecule has 6 heteroatoms. The lowest BCUT2D eigenvalue weighted by Crippen LogP contribution is -2.37. The predicted octanol–water partition coefficient (Wildman–Crippen LogP) is 4.16. The van der Waals surface area contributed by atoms with Gasteiger partial charge in [-0.15, -0.1) is 0 Å². The molecule has 0 amide bonds. The lowest BCUT2D eigenvalue weighted by molar-refractivity contribution is 0.0849. The molecule has 28 heavy (non-hydrogen) atoms. The number of nitrogens with zero attached hydrogens (tertiary/aromatic N) is 3. The summed E-state index contributed by atoms with van der Waals surface area (Å²) in [7, 11) is 0. The van der Waals surface area contributed by atoms with Crippen molar-refractivity contribution in [3.63, 3.8) is 0 Å². The second-order valence-corrected chi connectivity index (χ2v) is 8.63. The van der Waals surface area contributed by atoms with Crippen LogP contribution in [0.2, 0.25) is 0 Å². The lowest BCUT2D eigenvalue weighted by atomic mass is 9.71. The number of aromatic nitrogens is 2. The number of aliphatic imine (C=N–C) groups is 1. The standard InChI is InChI=1S/C22H33N5O/c1-3-7-19(23-20-11-18(25-26-20)16-9-5-6-10-16)24-21(8-4-2)27-14-22(15-28)12-17(27)13-22/h3,7-8,11,16-17,28H,4-6,9-10,12-15H2,1-2H3,(H2,23,24,25,26)/b7-3-,21-8-. The maximum Gasteiger partial charge on any atom is 0.153 e. The molecule has 3 N–H and O–H groups in total. The third-order valence-electron chi connectivity index (χ3n) is 6.51. The van der Waals surface area contributed by atoms with Crippen LogP contribution < -0.4 is 5.32 Å². The first-order valence-electron chi connectivity index (χ1n) is 10.8. The molecule has 0 radical (unpaired) electrons. The fourth-order valence-electron chi connectivity index (χ4n) is 5.00. The van der Waals surface area contributed by atoms with Crippen LogP contribution in [-0.2, 0) is 0 Å². The Bertz CT molecular complexity index is 766. The normalized spacial score (nSPS) is 28.4. The van der Waals surface area contributed by atoms with Gasteiger partial charge in [-0.3, -0.25) is 5.10 Å². The molecule has 152 valence electrons. The van der Waals surface area contributed by atoms with Crippen LogP contribution >= 0.6 is 0 Å². The summed E-state index contributed by atoms with van der Waals surface area (Å²) in [5.41, 5.74) is 1.33. The summed E-state index contributed by atoms with van der Waals surface area (Å²) >= 11 is 0. The molecule has 2 aliphatic heterocycles. The summed E-state index contributed by atoms with van der Waals surface area (Å²) in [5.74, 6) is 3.25. The average molecular weight is 384 g/mol. The van der Waals surface area contributed by atoms with Gasteiger partial charge in [0.05, 0.1) is 6.61 Å². The first-order chi connectivity index (χ1) is 13.7. The molecule has 0 spiro atoms. The quantitative estimate of drug-likeness (QED) is 0.488. The van der Waals surface area contributed by atoms with Crippen molar-refractivity contribution >= 4 is 11.7 Å². The van der Waals surface area contributed by atoms with Gasteiger partial charge in [0.2, 0.25) is 0 Å². The van der Waals surface area contributed by atoms with Gasteiger partial charge < -0.3 is 15.3 Å². The van der Waals surface area contributed by atoms with Crippen molar-refractivity contribution in [2.45, 2.75) is 70.8 Å². The minimum absolute atomic E-state index is 0.0968. The van der Waals surface area contributed by atoms with Crippen LogP contribution in [-0.4, -0.2) is 45.2 Å². The van der Waals surface area contributed by atoms with Gasteiger partial charge in [0.1, 0.15) is 11.7 Å². The molecule has 4 fully saturated rings. The van der Waals surface area contributed by atoms with Crippen LogP contribution in [0.1, 0.15) is 70.4 Å². The van der Waals surface area contributed by atoms with Crippen molar-refractivity contribution in [3.8, 4) is 0 Å². The van der Waals surface area contributed by atoms with Gasteiger partial charge in [-0.1, -0.05) is 25.8 Å². The summed E-state index contributed by atoms with van der Waals surface area (Å²) in [6.07, 6.45) is 14.4. The molecular formula is C22H33N5O. The van der Waals surface area contributed by atoms with Crippen molar-refractivity contribution in [3.05, 3.63) is 35.8 Å². The van der Waals surface area contributed by atoms with E-state index in [0.717, 1.165) is 43.3 Å². The van der Waals surface area contributed by atoms with Crippen LogP contribution in [0.25, 0.3) is 0 Å². The number of hydrogen-bond acceptors (Lipinski definition) is 4. The van der Waals surface area contributed by atoms with Gasteiger partial charge in [0.25, 0.3) is 0 Å². The van der Waals surface area contributed by atoms with Gasteiger partial charge in [0, 0.05) is 35.7 Å². The number of anilines is 1. The minimum Gasteiger partial charge on any atom is -0.396 e. The number of aliphatic hydroxyl groups excluding tert-OH is 1. The van der Waals surface area contributed by atoms with E-state index in [-0.39, 0.29) is 12.0 Å². The molecule has 0 aromatic carbocycles. The molecule has 0 atom stereocenters. The molecule has 3 heterocycles. The van der Waals surface area contributed by atoms with Gasteiger partial charge >= 0.3 is 0 Å². The molecule has 2 saturated carbocycles. The van der Waals surface area contributed by atoms with Crippen LogP contribution in [0, 0.1) is 5.41 Å². The number of amidine groups is 1. The van der Waals surface area contributed by atoms with Gasteiger partial charge in [-0.05, 0) is 51.2 Å². The first-order valence-corrected chi connectivity index (χ1v) is 10.8. The summed E-state index contributed by atoms with van der Waals surface area (Å²) in [6.45, 7) is 5.33. The van der Waals surface area contributed by atoms with Crippen molar-refractivity contribution in [1.82, 2.24) is 15.1 Å². The van der Waals surface area contributed by atoms with Gasteiger partial charge in [-0.2, -0.15) is 5.10 Å². The van der Waals surface area contributed by atoms with Crippen LogP contribution in [0.5, 0.6) is 0 Å². The van der Waals surface area contributed by atoms with Crippen molar-refractivity contribution in [2.24, 2.45) is 10.4 Å². The van der Waals surface area contributed by atoms with E-state index >= 15 is 0 Å². The smallest absolute Gasteiger partial charge is 0.153 e. The highest BCUT2D eigenvalue weighted by Crippen LogP contribution is 2.52. The lowest BCUT2D eigenvalue weighted by Gasteiger charge is -2.35. The van der Waals surface area contributed by atoms with Crippen LogP contribution in [0.3, 0.4) is 0 Å². The van der Waals surface area contributed by atoms with Gasteiger partial charge in [0.15, 0.2) is 5.82 Å². The number of hydrogen-bond donors (Lipinski definition) is 3. The highest BCUT2D eigenvalue weighted by atomic mass is 16.3. The van der Waals surface area contributed by atoms with E-state index in [9.17, 15) is 5.11 Å². The summed E-state index contributed by atoms with van der Waals surface area (Å²) < 4.78 is 0. The largest absolute Gasteiger partial charge is 0.396 e. The Morgan fingerprint density at radius 1 is 1.43 bits per heavy atom. The van der Waals surface area contributed by atoms with E-state index < -0.39 is 0 Å². The Morgan fingerprint density at radius 3 is 2.86 bits per heavy atom. The number of H-pyrrole nitrogens is 1. The zero-order chi connectivity index (χ0) is 19.6. The molecule has 1 aromatic heterocycles. The fraction of sp³-hybridized carbons (Fsp3) is 0.636. The topological polar surface area (TPSA) is 76.5 Å². The molecule has 6 nitrogen and oxygen atoms in total. The summed E-state index contributed by atoms with van der Waals surface area (Å²) in [5, 5.41) is 20.8. The third-order valence-corrected chi connectivity index (χ3v) is 6.51. The molecule has 2 saturated heterocycles. The second-order valence-electron chi connectivity index (χ2n) is 8.63. The molecule has 4 aliphatic rings. The number of aliphatic hydroxyl groups is 1. The highest BCUT2D eigenvalue weighted by Gasteiger charge is 2.55. The Morgan fingerprint density at radius 2 is 2.21 bits per heavy atom. The molecule has 0 unspecified atom stereocenters. The first kappa shape index (κ1) is 19.2. The Labute approximate surface area is 167 Å². The number of allylic oxidation sites excluding steroid dienone is 2. The molecule has 2 bridgehead atoms. The van der Waals surface area contributed by atoms with Gasteiger partial charge in [-0.25, -0.2) is 4.99 Å². The van der Waals surface area contributed by atoms with Crippen LogP contribution in [0.4, 0.5) is 5.82 Å². The average Bonchev–Trinajstić information content (AvgIpc) is 3.43. The summed E-state index contributed by atoms with van der Waals surface area (Å²) in [4.78, 5) is 7.33. The molecule has 1 aromatic rings. The van der Waals surface area contributed by atoms with E-state index in [1.807, 2.05) is 19.1 Å². The van der Waals surface area contributed by atoms with E-state index in [2.05, 4.69) is 39.5 Å². The van der Waals surface area contributed by atoms with Crippen molar-refractivity contribution in [2.75, 3.05) is 18.5 Å². The zero-order valence-corrected chi connectivity index (χ0v) is 17.1. The van der Waals surface area contributed by atoms with E-state index in [1.54, 1.807) is 0 Å². The molecule has 2 aliphatic carbocycles. The molecule has 5 rings (SSSR count). The van der Waals surface area contributed by atoms with Crippen LogP contribution in [0.15, 0.2) is 35.1 Å². The number of nitrogens with one attached hydrogen (secondary N) is 2. The SMILES string of the molecule is C\C=C/C(=N\C(=C\CC)N1CC2(CO)CC1C2)Nc1cc(C2CCCC2)[nH]n1. The number of fused-ring (bicyclic) bond motifs is 1. The number of aromatic amines is 1. The highest BCUT2D eigenvalue weighted by molar-refractivity contribution is 6.03. The van der Waals surface area contributed by atoms with Crippen molar-refractivity contribution < 1.29 is 5.11 Å². The van der Waals surface area contributed by atoms with Crippen molar-refractivity contribution in [1.29, 1.82) is 0 Å². The Balaban J connectivity index is 1.51. The fourth-order valence-corrected chi connectivity index (χ4v) is 5.00. The van der Waals surface area contributed by atoms with E-state index in [1.165, 1.54) is 31.4 Å². The van der Waals surface area contributed by atoms with E-state index in [4.69, 9.17) is 4.99 Å². The second kappa shape index (κ2) is 8.11. The maximum absolute atomic E-state index is 9.73. The predicted molar refractivity (Wildman–Crippen MR) is 113 cm³/mol. The number of rotatable bonds is 7. The minimum atomic E-state index is 0.0968. The molecular weight excluding hydrogens is 350 g/mol. The summed E-state index contributed by atoms with van der Waals surface area (Å²) in [6, 6.07) is 2.64. The Hall–Kier alpha value is -2.08. The van der Waals surface area contributed by atoms with E-state index in [0.29, 0.717) is 12.0 Å². The zero-order valence-electron chi connectivity index (χ0n) is 17.1. The monoisotopic (exact) mass is 383 g/mol. The Kier molecular flexibility index (Phi) is 5.58.